The largest absolute Gasteiger partial charge is 0.399 e. The monoisotopic (exact) mass is 331 g/mol. The van der Waals surface area contributed by atoms with Gasteiger partial charge in [0.2, 0.25) is 0 Å². The molecule has 4 nitrogen and oxygen atoms in total. The van der Waals surface area contributed by atoms with Gasteiger partial charge in [0.25, 0.3) is 0 Å². The van der Waals surface area contributed by atoms with Crippen LogP contribution in [0.15, 0.2) is 60.8 Å². The summed E-state index contributed by atoms with van der Waals surface area (Å²) in [5, 5.41) is 0.717. The maximum Gasteiger partial charge on any atom is 0.152 e. The average molecular weight is 331 g/mol. The molecule has 3 N–H and O–H groups in total. The van der Waals surface area contributed by atoms with E-state index in [-0.39, 0.29) is 5.82 Å². The predicted octanol–water partition coefficient (Wildman–Crippen LogP) is 4.43. The van der Waals surface area contributed by atoms with Crippen molar-refractivity contribution in [3.63, 3.8) is 0 Å². The van der Waals surface area contributed by atoms with Crippen LogP contribution in [0.25, 0.3) is 33.4 Å². The number of anilines is 1. The molecule has 0 bridgehead atoms. The van der Waals surface area contributed by atoms with Crippen molar-refractivity contribution in [2.24, 2.45) is 0 Å². The minimum absolute atomic E-state index is 0.294. The van der Waals surface area contributed by atoms with E-state index in [1.807, 2.05) is 18.2 Å². The Balaban J connectivity index is 1.90. The van der Waals surface area contributed by atoms with Gasteiger partial charge in [-0.25, -0.2) is 9.37 Å². The minimum atomic E-state index is -0.294. The van der Waals surface area contributed by atoms with Gasteiger partial charge in [0, 0.05) is 34.0 Å². The second-order valence-electron chi connectivity index (χ2n) is 5.78. The molecule has 2 aromatic carbocycles. The summed E-state index contributed by atoms with van der Waals surface area (Å²) in [6.45, 7) is 0. The van der Waals surface area contributed by atoms with Gasteiger partial charge in [0.05, 0.1) is 5.69 Å². The number of hydrogen-bond acceptors (Lipinski definition) is 3. The third kappa shape index (κ3) is 2.65. The average Bonchev–Trinajstić information content (AvgIpc) is 3.00. The molecule has 0 aliphatic carbocycles. The van der Waals surface area contributed by atoms with Gasteiger partial charge in [-0.15, -0.1) is 0 Å². The number of carbonyl (C=O) groups excluding carboxylic acids is 1. The summed E-state index contributed by atoms with van der Waals surface area (Å²) >= 11 is 0. The van der Waals surface area contributed by atoms with Gasteiger partial charge in [0.15, 0.2) is 6.29 Å². The molecule has 0 saturated carbocycles. The van der Waals surface area contributed by atoms with Crippen LogP contribution < -0.4 is 5.73 Å². The number of halogens is 1. The maximum atomic E-state index is 13.1. The SMILES string of the molecule is Nc1cccc(-c2[nH]c3ncc(-c4ccc(F)cc4)cc3c2C=O)c1. The van der Waals surface area contributed by atoms with E-state index in [4.69, 9.17) is 5.73 Å². The van der Waals surface area contributed by atoms with E-state index in [2.05, 4.69) is 9.97 Å². The van der Waals surface area contributed by atoms with Crippen molar-refractivity contribution in [3.8, 4) is 22.4 Å². The second kappa shape index (κ2) is 5.87. The minimum Gasteiger partial charge on any atom is -0.399 e. The number of hydrogen-bond donors (Lipinski definition) is 2. The molecule has 25 heavy (non-hydrogen) atoms. The van der Waals surface area contributed by atoms with Crippen LogP contribution in [0, 0.1) is 5.82 Å². The van der Waals surface area contributed by atoms with E-state index in [1.54, 1.807) is 30.5 Å². The third-order valence-corrected chi connectivity index (χ3v) is 4.16. The summed E-state index contributed by atoms with van der Waals surface area (Å²) in [5.41, 5.74) is 10.8. The summed E-state index contributed by atoms with van der Waals surface area (Å²) < 4.78 is 13.1. The van der Waals surface area contributed by atoms with Crippen molar-refractivity contribution in [1.29, 1.82) is 0 Å². The van der Waals surface area contributed by atoms with Gasteiger partial charge in [-0.1, -0.05) is 24.3 Å². The lowest BCUT2D eigenvalue weighted by molar-refractivity contribution is 0.112. The topological polar surface area (TPSA) is 71.8 Å². The van der Waals surface area contributed by atoms with Crippen LogP contribution in [0.5, 0.6) is 0 Å². The highest BCUT2D eigenvalue weighted by Gasteiger charge is 2.14. The number of benzene rings is 2. The number of nitrogens with two attached hydrogens (primary N) is 1. The number of pyridine rings is 1. The molecule has 4 rings (SSSR count). The third-order valence-electron chi connectivity index (χ3n) is 4.16. The summed E-state index contributed by atoms with van der Waals surface area (Å²) in [7, 11) is 0. The van der Waals surface area contributed by atoms with E-state index < -0.39 is 0 Å². The molecule has 0 atom stereocenters. The van der Waals surface area contributed by atoms with Crippen LogP contribution >= 0.6 is 0 Å². The molecule has 0 fully saturated rings. The molecule has 4 aromatic rings. The van der Waals surface area contributed by atoms with Crippen molar-refractivity contribution >= 4 is 23.0 Å². The van der Waals surface area contributed by atoms with Crippen LogP contribution in [0.4, 0.5) is 10.1 Å². The van der Waals surface area contributed by atoms with E-state index in [0.717, 1.165) is 23.0 Å². The first kappa shape index (κ1) is 15.1. The predicted molar refractivity (Wildman–Crippen MR) is 96.7 cm³/mol. The highest BCUT2D eigenvalue weighted by atomic mass is 19.1. The molecular formula is C20H14FN3O. The Morgan fingerprint density at radius 2 is 1.80 bits per heavy atom. The van der Waals surface area contributed by atoms with E-state index >= 15 is 0 Å². The van der Waals surface area contributed by atoms with E-state index in [0.29, 0.717) is 28.0 Å². The molecule has 0 aliphatic heterocycles. The molecule has 122 valence electrons. The fraction of sp³-hybridized carbons (Fsp3) is 0. The van der Waals surface area contributed by atoms with Crippen LogP contribution in [0.1, 0.15) is 10.4 Å². The lowest BCUT2D eigenvalue weighted by Crippen LogP contribution is -1.88. The molecule has 0 radical (unpaired) electrons. The Bertz CT molecular complexity index is 1080. The Morgan fingerprint density at radius 3 is 2.52 bits per heavy atom. The van der Waals surface area contributed by atoms with E-state index in [9.17, 15) is 9.18 Å². The molecule has 2 heterocycles. The first-order chi connectivity index (χ1) is 12.2. The second-order valence-corrected chi connectivity index (χ2v) is 5.78. The first-order valence-corrected chi connectivity index (χ1v) is 7.74. The maximum absolute atomic E-state index is 13.1. The zero-order valence-electron chi connectivity index (χ0n) is 13.2. The molecule has 5 heteroatoms. The smallest absolute Gasteiger partial charge is 0.152 e. The zero-order chi connectivity index (χ0) is 17.4. The molecular weight excluding hydrogens is 317 g/mol. The van der Waals surface area contributed by atoms with Gasteiger partial charge in [-0.3, -0.25) is 4.79 Å². The lowest BCUT2D eigenvalue weighted by Gasteiger charge is -2.02. The van der Waals surface area contributed by atoms with Crippen molar-refractivity contribution in [2.75, 3.05) is 5.73 Å². The highest BCUT2D eigenvalue weighted by molar-refractivity contribution is 6.04. The quantitative estimate of drug-likeness (QED) is 0.431. The van der Waals surface area contributed by atoms with Gasteiger partial charge >= 0.3 is 0 Å². The van der Waals surface area contributed by atoms with Crippen molar-refractivity contribution in [2.45, 2.75) is 0 Å². The fourth-order valence-corrected chi connectivity index (χ4v) is 2.93. The number of aldehydes is 1. The summed E-state index contributed by atoms with van der Waals surface area (Å²) in [4.78, 5) is 19.3. The van der Waals surface area contributed by atoms with Crippen LogP contribution in [0.2, 0.25) is 0 Å². The summed E-state index contributed by atoms with van der Waals surface area (Å²) in [5.74, 6) is -0.294. The van der Waals surface area contributed by atoms with Gasteiger partial charge in [0.1, 0.15) is 11.5 Å². The van der Waals surface area contributed by atoms with E-state index in [1.165, 1.54) is 12.1 Å². The lowest BCUT2D eigenvalue weighted by atomic mass is 10.0. The molecule has 0 aliphatic rings. The normalized spacial score (nSPS) is 10.9. The van der Waals surface area contributed by atoms with Gasteiger partial charge in [-0.05, 0) is 35.9 Å². The number of fused-ring (bicyclic) bond motifs is 1. The van der Waals surface area contributed by atoms with Crippen molar-refractivity contribution < 1.29 is 9.18 Å². The van der Waals surface area contributed by atoms with Crippen LogP contribution in [-0.4, -0.2) is 16.3 Å². The fourth-order valence-electron chi connectivity index (χ4n) is 2.93. The summed E-state index contributed by atoms with van der Waals surface area (Å²) in [6, 6.07) is 15.4. The number of aromatic amines is 1. The van der Waals surface area contributed by atoms with Gasteiger partial charge < -0.3 is 10.7 Å². The highest BCUT2D eigenvalue weighted by Crippen LogP contribution is 2.31. The standard InChI is InChI=1S/C20H14FN3O/c21-15-6-4-12(5-7-15)14-9-17-18(11-25)19(24-20(17)23-10-14)13-2-1-3-16(22)8-13/h1-11H,22H2,(H,23,24). The molecule has 2 aromatic heterocycles. The van der Waals surface area contributed by atoms with Crippen LogP contribution in [0.3, 0.4) is 0 Å². The Labute approximate surface area is 143 Å². The number of aromatic nitrogens is 2. The number of H-pyrrole nitrogens is 1. The number of rotatable bonds is 3. The zero-order valence-corrected chi connectivity index (χ0v) is 13.2. The molecule has 0 saturated heterocycles. The first-order valence-electron chi connectivity index (χ1n) is 7.74. The number of nitrogens with one attached hydrogen (secondary N) is 1. The van der Waals surface area contributed by atoms with Crippen LogP contribution in [-0.2, 0) is 0 Å². The van der Waals surface area contributed by atoms with Crippen molar-refractivity contribution in [1.82, 2.24) is 9.97 Å². The molecule has 0 unspecified atom stereocenters. The Kier molecular flexibility index (Phi) is 3.54. The Morgan fingerprint density at radius 1 is 1.00 bits per heavy atom. The van der Waals surface area contributed by atoms with Crippen molar-refractivity contribution in [3.05, 3.63) is 72.2 Å². The van der Waals surface area contributed by atoms with Gasteiger partial charge in [-0.2, -0.15) is 0 Å². The number of carbonyl (C=O) groups is 1. The Hall–Kier alpha value is -3.47. The number of nitrogen functional groups attached to an aromatic ring is 1. The number of nitrogens with zero attached hydrogens (tertiary/aromatic N) is 1. The molecule has 0 amide bonds. The summed E-state index contributed by atoms with van der Waals surface area (Å²) in [6.07, 6.45) is 2.51. The molecule has 0 spiro atoms.